The largest absolute Gasteiger partial charge is 0.392 e. The van der Waals surface area contributed by atoms with Crippen LogP contribution in [0, 0.1) is 0 Å². The van der Waals surface area contributed by atoms with Crippen LogP contribution < -0.4 is 10.8 Å². The van der Waals surface area contributed by atoms with Gasteiger partial charge in [0.15, 0.2) is 11.4 Å². The third kappa shape index (κ3) is 9.37. The van der Waals surface area contributed by atoms with Crippen molar-refractivity contribution >= 4 is 23.6 Å². The van der Waals surface area contributed by atoms with E-state index < -0.39 is 12.2 Å². The number of rotatable bonds is 14. The van der Waals surface area contributed by atoms with Crippen LogP contribution in [0.4, 0.5) is 0 Å². The van der Waals surface area contributed by atoms with Gasteiger partial charge < -0.3 is 24.5 Å². The molecule has 12 heteroatoms. The van der Waals surface area contributed by atoms with Crippen molar-refractivity contribution in [2.75, 3.05) is 5.75 Å². The number of aliphatic hydroxyl groups excluding tert-OH is 1. The molecule has 3 atom stereocenters. The van der Waals surface area contributed by atoms with Crippen molar-refractivity contribution in [3.8, 4) is 0 Å². The summed E-state index contributed by atoms with van der Waals surface area (Å²) in [6.07, 6.45) is 4.20. The number of unbranched alkanes of at least 4 members (excludes halogenated alkanes) is 2. The number of hydrogen-bond donors (Lipinski definition) is 4. The zero-order valence-electron chi connectivity index (χ0n) is 23.1. The maximum Gasteiger partial charge on any atom is 0.243 e. The number of carbonyl (C=O) groups is 2. The topological polar surface area (TPSA) is 148 Å². The van der Waals surface area contributed by atoms with E-state index in [9.17, 15) is 14.7 Å². The van der Waals surface area contributed by atoms with Gasteiger partial charge in [0, 0.05) is 44.2 Å². The molecule has 0 aliphatic carbocycles. The molecule has 0 bridgehead atoms. The van der Waals surface area contributed by atoms with E-state index in [2.05, 4.69) is 15.5 Å². The van der Waals surface area contributed by atoms with Gasteiger partial charge in [-0.25, -0.2) is 5.48 Å². The Bertz CT molecular complexity index is 1250. The van der Waals surface area contributed by atoms with Gasteiger partial charge in [-0.2, -0.15) is 0 Å². The first-order valence-corrected chi connectivity index (χ1v) is 14.7. The lowest BCUT2D eigenvalue weighted by Crippen LogP contribution is -2.31. The number of hydroxylamine groups is 1. The highest BCUT2D eigenvalue weighted by Gasteiger charge is 2.32. The SMILES string of the molecule is Cn1cnnc1SC[C@H]1C[C@@H](c2ccc(CO)cc2)O[C@@H](c2ccc(CNC(=O)CCCCCC(=O)NO)cc2)O1. The second kappa shape index (κ2) is 15.6. The fourth-order valence-electron chi connectivity index (χ4n) is 4.48. The average Bonchev–Trinajstić information content (AvgIpc) is 3.43. The van der Waals surface area contributed by atoms with Gasteiger partial charge in [0.1, 0.15) is 6.33 Å². The summed E-state index contributed by atoms with van der Waals surface area (Å²) in [6, 6.07) is 15.6. The van der Waals surface area contributed by atoms with Crippen molar-refractivity contribution in [2.24, 2.45) is 7.05 Å². The van der Waals surface area contributed by atoms with Crippen molar-refractivity contribution in [3.63, 3.8) is 0 Å². The number of nitrogens with zero attached hydrogens (tertiary/aromatic N) is 3. The fraction of sp³-hybridized carbons (Fsp3) is 0.448. The number of aliphatic hydroxyl groups is 1. The first-order valence-electron chi connectivity index (χ1n) is 13.7. The summed E-state index contributed by atoms with van der Waals surface area (Å²) in [4.78, 5) is 23.2. The minimum atomic E-state index is -0.562. The predicted molar refractivity (Wildman–Crippen MR) is 151 cm³/mol. The highest BCUT2D eigenvalue weighted by Crippen LogP contribution is 2.39. The molecule has 0 spiro atoms. The van der Waals surface area contributed by atoms with E-state index in [0.29, 0.717) is 38.0 Å². The molecule has 1 saturated heterocycles. The quantitative estimate of drug-likeness (QED) is 0.0965. The standard InChI is InChI=1S/C29H37N5O6S/c1-34-19-31-32-29(34)41-18-24-15-25(22-11-9-21(17-35)10-12-22)40-28(39-24)23-13-7-20(8-14-23)16-30-26(36)5-3-2-4-6-27(37)33-38/h7-14,19,24-25,28,35,38H,2-6,15-18H2,1H3,(H,30,36)(H,33,37)/t24-,25+,28+/m1/s1. The van der Waals surface area contributed by atoms with Crippen molar-refractivity contribution in [1.29, 1.82) is 0 Å². The zero-order valence-corrected chi connectivity index (χ0v) is 23.9. The van der Waals surface area contributed by atoms with Crippen LogP contribution in [-0.2, 0) is 39.3 Å². The smallest absolute Gasteiger partial charge is 0.243 e. The average molecular weight is 584 g/mol. The lowest BCUT2D eigenvalue weighted by atomic mass is 10.0. The number of amides is 2. The number of nitrogens with one attached hydrogen (secondary N) is 2. The van der Waals surface area contributed by atoms with Gasteiger partial charge >= 0.3 is 0 Å². The van der Waals surface area contributed by atoms with E-state index in [1.165, 1.54) is 0 Å². The highest BCUT2D eigenvalue weighted by molar-refractivity contribution is 7.99. The molecule has 0 unspecified atom stereocenters. The van der Waals surface area contributed by atoms with Gasteiger partial charge in [0.2, 0.25) is 11.8 Å². The minimum absolute atomic E-state index is 0.00713. The van der Waals surface area contributed by atoms with Gasteiger partial charge in [-0.05, 0) is 29.5 Å². The number of ether oxygens (including phenoxy) is 2. The Labute approximate surface area is 243 Å². The van der Waals surface area contributed by atoms with Crippen molar-refractivity contribution in [3.05, 3.63) is 77.1 Å². The van der Waals surface area contributed by atoms with E-state index in [4.69, 9.17) is 14.7 Å². The summed E-state index contributed by atoms with van der Waals surface area (Å²) in [7, 11) is 1.91. The Morgan fingerprint density at radius 3 is 2.32 bits per heavy atom. The van der Waals surface area contributed by atoms with Crippen molar-refractivity contribution in [2.45, 2.75) is 75.3 Å². The lowest BCUT2D eigenvalue weighted by molar-refractivity contribution is -0.245. The van der Waals surface area contributed by atoms with Crippen molar-refractivity contribution < 1.29 is 29.4 Å². The number of aryl methyl sites for hydroxylation is 1. The number of thioether (sulfide) groups is 1. The third-order valence-electron chi connectivity index (χ3n) is 6.86. The van der Waals surface area contributed by atoms with Crippen LogP contribution in [0.1, 0.15) is 73.2 Å². The lowest BCUT2D eigenvalue weighted by Gasteiger charge is -2.36. The van der Waals surface area contributed by atoms with E-state index >= 15 is 0 Å². The van der Waals surface area contributed by atoms with Crippen LogP contribution in [-0.4, -0.2) is 48.7 Å². The maximum atomic E-state index is 12.2. The molecule has 0 saturated carbocycles. The van der Waals surface area contributed by atoms with Crippen LogP contribution in [0.5, 0.6) is 0 Å². The molecule has 1 aliphatic heterocycles. The summed E-state index contributed by atoms with van der Waals surface area (Å²) in [5.74, 6) is 0.236. The molecule has 220 valence electrons. The zero-order chi connectivity index (χ0) is 29.0. The van der Waals surface area contributed by atoms with E-state index in [1.54, 1.807) is 23.6 Å². The minimum Gasteiger partial charge on any atom is -0.392 e. The Kier molecular flexibility index (Phi) is 11.7. The second-order valence-electron chi connectivity index (χ2n) is 10.00. The molecular formula is C29H37N5O6S. The number of carbonyl (C=O) groups excluding carboxylic acids is 2. The van der Waals surface area contributed by atoms with Crippen LogP contribution in [0.25, 0.3) is 0 Å². The highest BCUT2D eigenvalue weighted by atomic mass is 32.2. The number of aromatic nitrogens is 3. The first kappa shape index (κ1) is 30.7. The molecule has 4 N–H and O–H groups in total. The molecule has 2 amide bonds. The van der Waals surface area contributed by atoms with Gasteiger partial charge in [-0.1, -0.05) is 66.7 Å². The fourth-order valence-corrected chi connectivity index (χ4v) is 5.38. The predicted octanol–water partition coefficient (Wildman–Crippen LogP) is 3.72. The van der Waals surface area contributed by atoms with E-state index in [-0.39, 0.29) is 31.1 Å². The van der Waals surface area contributed by atoms with Gasteiger partial charge in [-0.15, -0.1) is 10.2 Å². The molecular weight excluding hydrogens is 546 g/mol. The maximum absolute atomic E-state index is 12.2. The van der Waals surface area contributed by atoms with Gasteiger partial charge in [0.25, 0.3) is 0 Å². The van der Waals surface area contributed by atoms with Gasteiger partial charge in [-0.3, -0.25) is 14.8 Å². The first-order chi connectivity index (χ1) is 19.9. The van der Waals surface area contributed by atoms with Crippen LogP contribution >= 0.6 is 11.8 Å². The normalized spacial score (nSPS) is 18.7. The Morgan fingerprint density at radius 2 is 1.66 bits per heavy atom. The third-order valence-corrected chi connectivity index (χ3v) is 8.02. The summed E-state index contributed by atoms with van der Waals surface area (Å²) >= 11 is 1.59. The molecule has 2 aromatic carbocycles. The molecule has 11 nitrogen and oxygen atoms in total. The van der Waals surface area contributed by atoms with Crippen LogP contribution in [0.2, 0.25) is 0 Å². The molecule has 4 rings (SSSR count). The monoisotopic (exact) mass is 583 g/mol. The molecule has 1 fully saturated rings. The summed E-state index contributed by atoms with van der Waals surface area (Å²) in [5, 5.41) is 29.8. The molecule has 3 aromatic rings. The van der Waals surface area contributed by atoms with E-state index in [0.717, 1.165) is 33.8 Å². The van der Waals surface area contributed by atoms with Crippen molar-refractivity contribution in [1.82, 2.24) is 25.6 Å². The molecule has 2 heterocycles. The van der Waals surface area contributed by atoms with E-state index in [1.807, 2.05) is 60.1 Å². The summed E-state index contributed by atoms with van der Waals surface area (Å²) < 4.78 is 14.7. The molecule has 41 heavy (non-hydrogen) atoms. The molecule has 0 radical (unpaired) electrons. The number of benzene rings is 2. The summed E-state index contributed by atoms with van der Waals surface area (Å²) in [5.41, 5.74) is 5.33. The van der Waals surface area contributed by atoms with Crippen LogP contribution in [0.15, 0.2) is 60.0 Å². The Balaban J connectivity index is 1.33. The summed E-state index contributed by atoms with van der Waals surface area (Å²) in [6.45, 7) is 0.405. The van der Waals surface area contributed by atoms with Gasteiger partial charge in [0.05, 0.1) is 18.8 Å². The Hall–Kier alpha value is -3.29. The van der Waals surface area contributed by atoms with Crippen LogP contribution in [0.3, 0.4) is 0 Å². The second-order valence-corrected chi connectivity index (χ2v) is 11.0. The number of hydrogen-bond acceptors (Lipinski definition) is 9. The molecule has 1 aliphatic rings. The molecule has 1 aromatic heterocycles. The Morgan fingerprint density at radius 1 is 0.976 bits per heavy atom.